The first-order valence-corrected chi connectivity index (χ1v) is 9.16. The number of thioether (sulfide) groups is 1. The van der Waals surface area contributed by atoms with E-state index in [9.17, 15) is 9.18 Å². The highest BCUT2D eigenvalue weighted by molar-refractivity contribution is 7.99. The largest absolute Gasteiger partial charge is 0.459 e. The zero-order valence-electron chi connectivity index (χ0n) is 14.9. The maximum absolute atomic E-state index is 13.8. The number of nitrogens with zero attached hydrogens (tertiary/aromatic N) is 2. The fourth-order valence-corrected chi connectivity index (χ4v) is 3.05. The second-order valence-corrected chi connectivity index (χ2v) is 8.87. The molecule has 0 saturated heterocycles. The summed E-state index contributed by atoms with van der Waals surface area (Å²) in [5, 5.41) is 3.05. The molecule has 0 aliphatic heterocycles. The van der Waals surface area contributed by atoms with Gasteiger partial charge in [-0.2, -0.15) is 4.98 Å². The SMILES string of the molecule is CC(C)(C)OC(=O)CSC[C@@H](Nc1nc(Cl)ncc1F)C(C)(C)C. The summed E-state index contributed by atoms with van der Waals surface area (Å²) in [7, 11) is 0. The highest BCUT2D eigenvalue weighted by Crippen LogP contribution is 2.27. The number of aromatic nitrogens is 2. The van der Waals surface area contributed by atoms with E-state index in [1.54, 1.807) is 0 Å². The van der Waals surface area contributed by atoms with Gasteiger partial charge in [0.1, 0.15) is 5.60 Å². The lowest BCUT2D eigenvalue weighted by Crippen LogP contribution is -2.37. The highest BCUT2D eigenvalue weighted by Gasteiger charge is 2.27. The van der Waals surface area contributed by atoms with Gasteiger partial charge in [-0.3, -0.25) is 4.79 Å². The lowest BCUT2D eigenvalue weighted by molar-refractivity contribution is -0.151. The monoisotopic (exact) mass is 377 g/mol. The van der Waals surface area contributed by atoms with Gasteiger partial charge in [0, 0.05) is 11.8 Å². The minimum atomic E-state index is -0.564. The predicted molar refractivity (Wildman–Crippen MR) is 97.0 cm³/mol. The van der Waals surface area contributed by atoms with Crippen molar-refractivity contribution in [1.29, 1.82) is 0 Å². The molecular formula is C16H25ClFN3O2S. The Morgan fingerprint density at radius 2 is 2.00 bits per heavy atom. The maximum Gasteiger partial charge on any atom is 0.316 e. The summed E-state index contributed by atoms with van der Waals surface area (Å²) in [5.74, 6) is 0.0533. The molecule has 0 radical (unpaired) electrons. The van der Waals surface area contributed by atoms with Crippen LogP contribution in [0.2, 0.25) is 5.28 Å². The van der Waals surface area contributed by atoms with E-state index in [-0.39, 0.29) is 34.3 Å². The van der Waals surface area contributed by atoms with Crippen molar-refractivity contribution in [3.63, 3.8) is 0 Å². The van der Waals surface area contributed by atoms with E-state index in [4.69, 9.17) is 16.3 Å². The van der Waals surface area contributed by atoms with E-state index in [0.717, 1.165) is 6.20 Å². The van der Waals surface area contributed by atoms with Crippen LogP contribution in [0.5, 0.6) is 0 Å². The Balaban J connectivity index is 2.67. The van der Waals surface area contributed by atoms with Crippen LogP contribution >= 0.6 is 23.4 Å². The van der Waals surface area contributed by atoms with Crippen LogP contribution in [0.4, 0.5) is 10.2 Å². The van der Waals surface area contributed by atoms with Gasteiger partial charge in [-0.25, -0.2) is 9.37 Å². The molecule has 0 fully saturated rings. The van der Waals surface area contributed by atoms with Crippen LogP contribution in [0, 0.1) is 11.2 Å². The number of rotatable bonds is 6. The average Bonchev–Trinajstić information content (AvgIpc) is 2.38. The van der Waals surface area contributed by atoms with Crippen molar-refractivity contribution >= 4 is 35.1 Å². The van der Waals surface area contributed by atoms with E-state index < -0.39 is 11.4 Å². The number of halogens is 2. The Kier molecular flexibility index (Phi) is 7.28. The van der Waals surface area contributed by atoms with Crippen molar-refractivity contribution in [2.45, 2.75) is 53.2 Å². The lowest BCUT2D eigenvalue weighted by atomic mass is 9.88. The van der Waals surface area contributed by atoms with E-state index in [2.05, 4.69) is 15.3 Å². The fraction of sp³-hybridized carbons (Fsp3) is 0.688. The fourth-order valence-electron chi connectivity index (χ4n) is 1.75. The molecule has 0 amide bonds. The molecular weight excluding hydrogens is 353 g/mol. The highest BCUT2D eigenvalue weighted by atomic mass is 35.5. The zero-order chi connectivity index (χ0) is 18.5. The number of nitrogens with one attached hydrogen (secondary N) is 1. The molecule has 8 heteroatoms. The number of anilines is 1. The third kappa shape index (κ3) is 7.66. The molecule has 1 aromatic heterocycles. The molecule has 1 rings (SSSR count). The van der Waals surface area contributed by atoms with Crippen LogP contribution < -0.4 is 5.32 Å². The third-order valence-electron chi connectivity index (χ3n) is 3.00. The average molecular weight is 378 g/mol. The normalized spacial score (nSPS) is 13.5. The molecule has 1 aromatic rings. The molecule has 5 nitrogen and oxygen atoms in total. The van der Waals surface area contributed by atoms with Crippen LogP contribution in [0.3, 0.4) is 0 Å². The second kappa shape index (κ2) is 8.34. The topological polar surface area (TPSA) is 64.1 Å². The maximum atomic E-state index is 13.8. The Labute approximate surface area is 152 Å². The van der Waals surface area contributed by atoms with Gasteiger partial charge in [-0.05, 0) is 37.8 Å². The van der Waals surface area contributed by atoms with Crippen molar-refractivity contribution in [3.05, 3.63) is 17.3 Å². The molecule has 0 unspecified atom stereocenters. The molecule has 1 atom stereocenters. The molecule has 1 heterocycles. The molecule has 0 aliphatic rings. The summed E-state index contributed by atoms with van der Waals surface area (Å²) in [6.45, 7) is 11.6. The number of hydrogen-bond acceptors (Lipinski definition) is 6. The molecule has 24 heavy (non-hydrogen) atoms. The van der Waals surface area contributed by atoms with Gasteiger partial charge in [0.05, 0.1) is 11.9 Å². The van der Waals surface area contributed by atoms with Crippen molar-refractivity contribution in [2.24, 2.45) is 5.41 Å². The number of carbonyl (C=O) groups is 1. The first-order valence-electron chi connectivity index (χ1n) is 7.62. The summed E-state index contributed by atoms with van der Waals surface area (Å²) in [5.41, 5.74) is -0.676. The summed E-state index contributed by atoms with van der Waals surface area (Å²) < 4.78 is 19.1. The van der Waals surface area contributed by atoms with Crippen molar-refractivity contribution in [1.82, 2.24) is 9.97 Å². The van der Waals surface area contributed by atoms with E-state index in [1.165, 1.54) is 11.8 Å². The summed E-state index contributed by atoms with van der Waals surface area (Å²) in [6.07, 6.45) is 1.03. The standard InChI is InChI=1S/C16H25ClFN3O2S/c1-15(2,3)11(8-24-9-12(22)23-16(4,5)6)20-13-10(18)7-19-14(17)21-13/h7,11H,8-9H2,1-6H3,(H,19,20,21)/t11-/m1/s1. The number of carbonyl (C=O) groups excluding carboxylic acids is 1. The van der Waals surface area contributed by atoms with Gasteiger partial charge in [0.25, 0.3) is 0 Å². The molecule has 0 saturated carbocycles. The number of ether oxygens (including phenoxy) is 1. The minimum Gasteiger partial charge on any atom is -0.459 e. The number of hydrogen-bond donors (Lipinski definition) is 1. The molecule has 1 N–H and O–H groups in total. The van der Waals surface area contributed by atoms with Crippen LogP contribution in [-0.2, 0) is 9.53 Å². The molecule has 0 spiro atoms. The van der Waals surface area contributed by atoms with Crippen LogP contribution in [-0.4, -0.2) is 39.1 Å². The Bertz CT molecular complexity index is 573. The van der Waals surface area contributed by atoms with Crippen molar-refractivity contribution < 1.29 is 13.9 Å². The van der Waals surface area contributed by atoms with E-state index in [0.29, 0.717) is 5.75 Å². The van der Waals surface area contributed by atoms with Crippen molar-refractivity contribution in [3.8, 4) is 0 Å². The molecule has 0 aliphatic carbocycles. The van der Waals surface area contributed by atoms with Crippen LogP contribution in [0.1, 0.15) is 41.5 Å². The summed E-state index contributed by atoms with van der Waals surface area (Å²) in [6, 6.07) is -0.120. The van der Waals surface area contributed by atoms with Gasteiger partial charge >= 0.3 is 5.97 Å². The third-order valence-corrected chi connectivity index (χ3v) is 4.19. The Morgan fingerprint density at radius 3 is 2.54 bits per heavy atom. The summed E-state index contributed by atoms with van der Waals surface area (Å²) in [4.78, 5) is 19.3. The molecule has 0 aromatic carbocycles. The Morgan fingerprint density at radius 1 is 1.38 bits per heavy atom. The minimum absolute atomic E-state index is 0.0204. The van der Waals surface area contributed by atoms with Gasteiger partial charge in [0.2, 0.25) is 5.28 Å². The van der Waals surface area contributed by atoms with Gasteiger partial charge in [-0.1, -0.05) is 20.8 Å². The number of esters is 1. The van der Waals surface area contributed by atoms with Gasteiger partial charge in [-0.15, -0.1) is 11.8 Å². The van der Waals surface area contributed by atoms with Gasteiger partial charge < -0.3 is 10.1 Å². The summed E-state index contributed by atoms with van der Waals surface area (Å²) >= 11 is 7.16. The smallest absolute Gasteiger partial charge is 0.316 e. The van der Waals surface area contributed by atoms with Crippen LogP contribution in [0.15, 0.2) is 6.20 Å². The van der Waals surface area contributed by atoms with Crippen molar-refractivity contribution in [2.75, 3.05) is 16.8 Å². The van der Waals surface area contributed by atoms with Gasteiger partial charge in [0.15, 0.2) is 11.6 Å². The van der Waals surface area contributed by atoms with E-state index in [1.807, 2.05) is 41.5 Å². The van der Waals surface area contributed by atoms with E-state index >= 15 is 0 Å². The predicted octanol–water partition coefficient (Wildman–Crippen LogP) is 4.17. The zero-order valence-corrected chi connectivity index (χ0v) is 16.5. The first kappa shape index (κ1) is 21.0. The second-order valence-electron chi connectivity index (χ2n) is 7.50. The Hall–Kier alpha value is -1.08. The first-order chi connectivity index (χ1) is 10.9. The lowest BCUT2D eigenvalue weighted by Gasteiger charge is -2.32. The quantitative estimate of drug-likeness (QED) is 0.593. The van der Waals surface area contributed by atoms with Crippen LogP contribution in [0.25, 0.3) is 0 Å². The molecule has 0 bridgehead atoms. The molecule has 136 valence electrons.